The summed E-state index contributed by atoms with van der Waals surface area (Å²) in [6.07, 6.45) is 3.07. The van der Waals surface area contributed by atoms with Gasteiger partial charge < -0.3 is 14.8 Å². The van der Waals surface area contributed by atoms with Crippen LogP contribution in [0.5, 0.6) is 5.75 Å². The van der Waals surface area contributed by atoms with Crippen LogP contribution in [0.2, 0.25) is 0 Å². The number of nitro groups is 1. The number of nitrogens with zero attached hydrogens (tertiary/aromatic N) is 1. The zero-order valence-electron chi connectivity index (χ0n) is 12.8. The fourth-order valence-corrected chi connectivity index (χ4v) is 1.80. The molecule has 0 bridgehead atoms. The Morgan fingerprint density at radius 1 is 1.19 bits per heavy atom. The van der Waals surface area contributed by atoms with Crippen molar-refractivity contribution in [1.29, 1.82) is 0 Å². The van der Waals surface area contributed by atoms with Gasteiger partial charge in [-0.2, -0.15) is 0 Å². The molecule has 0 aliphatic rings. The molecule has 21 heavy (non-hydrogen) atoms. The van der Waals surface area contributed by atoms with E-state index in [0.717, 1.165) is 25.9 Å². The lowest BCUT2D eigenvalue weighted by molar-refractivity contribution is -0.384. The van der Waals surface area contributed by atoms with E-state index in [9.17, 15) is 10.1 Å². The molecule has 0 radical (unpaired) electrons. The molecule has 1 rings (SSSR count). The summed E-state index contributed by atoms with van der Waals surface area (Å²) in [6.45, 7) is 6.65. The van der Waals surface area contributed by atoms with Gasteiger partial charge in [-0.3, -0.25) is 10.1 Å². The van der Waals surface area contributed by atoms with Crippen LogP contribution in [0.4, 0.5) is 11.4 Å². The van der Waals surface area contributed by atoms with Gasteiger partial charge in [0.15, 0.2) is 0 Å². The Bertz CT molecular complexity index is 438. The second-order valence-corrected chi connectivity index (χ2v) is 4.65. The number of hydrogen-bond acceptors (Lipinski definition) is 5. The second kappa shape index (κ2) is 9.99. The summed E-state index contributed by atoms with van der Waals surface area (Å²) >= 11 is 0. The van der Waals surface area contributed by atoms with Crippen LogP contribution in [-0.2, 0) is 4.74 Å². The minimum atomic E-state index is -0.415. The summed E-state index contributed by atoms with van der Waals surface area (Å²) in [5.74, 6) is 0.508. The molecule has 0 fully saturated rings. The highest BCUT2D eigenvalue weighted by Gasteiger charge is 2.10. The molecule has 1 aromatic rings. The van der Waals surface area contributed by atoms with E-state index in [1.807, 2.05) is 6.92 Å². The van der Waals surface area contributed by atoms with E-state index in [1.54, 1.807) is 6.07 Å². The van der Waals surface area contributed by atoms with Crippen LogP contribution < -0.4 is 10.1 Å². The maximum atomic E-state index is 10.9. The Morgan fingerprint density at radius 2 is 1.95 bits per heavy atom. The van der Waals surface area contributed by atoms with Gasteiger partial charge in [0, 0.05) is 37.6 Å². The fraction of sp³-hybridized carbons (Fsp3) is 0.600. The Hall–Kier alpha value is -1.82. The summed E-state index contributed by atoms with van der Waals surface area (Å²) in [6, 6.07) is 4.72. The van der Waals surface area contributed by atoms with Crippen molar-refractivity contribution in [1.82, 2.24) is 0 Å². The van der Waals surface area contributed by atoms with Crippen LogP contribution in [0.3, 0.4) is 0 Å². The Balaban J connectivity index is 2.44. The number of nitrogens with one attached hydrogen (secondary N) is 1. The van der Waals surface area contributed by atoms with E-state index in [0.29, 0.717) is 31.2 Å². The number of nitro benzene ring substituents is 1. The number of anilines is 1. The van der Waals surface area contributed by atoms with Crippen molar-refractivity contribution >= 4 is 11.4 Å². The summed E-state index contributed by atoms with van der Waals surface area (Å²) in [4.78, 5) is 10.5. The smallest absolute Gasteiger partial charge is 0.275 e. The fourth-order valence-electron chi connectivity index (χ4n) is 1.80. The lowest BCUT2D eigenvalue weighted by Crippen LogP contribution is -2.07. The minimum absolute atomic E-state index is 0.0302. The Labute approximate surface area is 125 Å². The molecule has 0 aliphatic carbocycles. The normalized spacial score (nSPS) is 10.4. The third-order valence-corrected chi connectivity index (χ3v) is 2.85. The van der Waals surface area contributed by atoms with Crippen molar-refractivity contribution in [3.8, 4) is 5.75 Å². The molecule has 0 spiro atoms. The van der Waals surface area contributed by atoms with Crippen molar-refractivity contribution in [3.05, 3.63) is 28.3 Å². The van der Waals surface area contributed by atoms with Crippen molar-refractivity contribution in [2.45, 2.75) is 33.1 Å². The van der Waals surface area contributed by atoms with E-state index in [-0.39, 0.29) is 5.69 Å². The molecular formula is C15H24N2O4. The molecule has 6 heteroatoms. The molecule has 1 aromatic carbocycles. The molecule has 0 aromatic heterocycles. The zero-order chi connectivity index (χ0) is 15.5. The van der Waals surface area contributed by atoms with Crippen molar-refractivity contribution < 1.29 is 14.4 Å². The number of non-ortho nitro benzene ring substituents is 1. The molecule has 6 nitrogen and oxygen atoms in total. The van der Waals surface area contributed by atoms with Crippen molar-refractivity contribution in [2.24, 2.45) is 0 Å². The quantitative estimate of drug-likeness (QED) is 0.383. The molecule has 0 saturated heterocycles. The highest BCUT2D eigenvalue weighted by Crippen LogP contribution is 2.26. The summed E-state index contributed by atoms with van der Waals surface area (Å²) < 4.78 is 10.8. The maximum Gasteiger partial charge on any atom is 0.275 e. The summed E-state index contributed by atoms with van der Waals surface area (Å²) in [5.41, 5.74) is 0.726. The van der Waals surface area contributed by atoms with E-state index >= 15 is 0 Å². The third kappa shape index (κ3) is 6.94. The Morgan fingerprint density at radius 3 is 2.62 bits per heavy atom. The minimum Gasteiger partial charge on any atom is -0.494 e. The lowest BCUT2D eigenvalue weighted by Gasteiger charge is -2.09. The topological polar surface area (TPSA) is 73.6 Å². The maximum absolute atomic E-state index is 10.9. The van der Waals surface area contributed by atoms with Crippen LogP contribution in [-0.4, -0.2) is 31.3 Å². The summed E-state index contributed by atoms with van der Waals surface area (Å²) in [7, 11) is 0. The van der Waals surface area contributed by atoms with E-state index in [2.05, 4.69) is 12.2 Å². The number of hydrogen-bond donors (Lipinski definition) is 1. The molecule has 0 unspecified atom stereocenters. The number of unbranched alkanes of at least 4 members (excludes halogenated alkanes) is 1. The van der Waals surface area contributed by atoms with Gasteiger partial charge in [0.25, 0.3) is 5.69 Å². The van der Waals surface area contributed by atoms with Gasteiger partial charge in [0.2, 0.25) is 0 Å². The SMILES string of the molecule is CCCCOCCCNc1cc(OCC)cc([N+](=O)[O-])c1. The molecule has 0 aliphatic heterocycles. The first-order valence-electron chi connectivity index (χ1n) is 7.41. The highest BCUT2D eigenvalue weighted by molar-refractivity contribution is 5.56. The number of ether oxygens (including phenoxy) is 2. The number of rotatable bonds is 11. The van der Waals surface area contributed by atoms with Gasteiger partial charge in [0.1, 0.15) is 5.75 Å². The zero-order valence-corrected chi connectivity index (χ0v) is 12.8. The first-order chi connectivity index (χ1) is 10.2. The first-order valence-corrected chi connectivity index (χ1v) is 7.41. The van der Waals surface area contributed by atoms with Crippen LogP contribution in [0.1, 0.15) is 33.1 Å². The van der Waals surface area contributed by atoms with Gasteiger partial charge in [0.05, 0.1) is 17.6 Å². The first kappa shape index (κ1) is 17.2. The molecule has 118 valence electrons. The van der Waals surface area contributed by atoms with Gasteiger partial charge in [-0.15, -0.1) is 0 Å². The average molecular weight is 296 g/mol. The number of benzene rings is 1. The van der Waals surface area contributed by atoms with Crippen molar-refractivity contribution in [2.75, 3.05) is 31.7 Å². The highest BCUT2D eigenvalue weighted by atomic mass is 16.6. The van der Waals surface area contributed by atoms with Gasteiger partial charge in [-0.25, -0.2) is 0 Å². The predicted molar refractivity (Wildman–Crippen MR) is 83.1 cm³/mol. The average Bonchev–Trinajstić information content (AvgIpc) is 2.46. The van der Waals surface area contributed by atoms with E-state index in [1.165, 1.54) is 12.1 Å². The van der Waals surface area contributed by atoms with Crippen molar-refractivity contribution in [3.63, 3.8) is 0 Å². The summed E-state index contributed by atoms with van der Waals surface area (Å²) in [5, 5.41) is 14.1. The van der Waals surface area contributed by atoms with Crippen LogP contribution in [0, 0.1) is 10.1 Å². The van der Waals surface area contributed by atoms with Crippen LogP contribution >= 0.6 is 0 Å². The van der Waals surface area contributed by atoms with E-state index < -0.39 is 4.92 Å². The molecule has 1 N–H and O–H groups in total. The lowest BCUT2D eigenvalue weighted by atomic mass is 10.2. The van der Waals surface area contributed by atoms with Gasteiger partial charge in [-0.05, 0) is 19.8 Å². The predicted octanol–water partition coefficient (Wildman–Crippen LogP) is 3.61. The second-order valence-electron chi connectivity index (χ2n) is 4.65. The van der Waals surface area contributed by atoms with Crippen LogP contribution in [0.15, 0.2) is 18.2 Å². The third-order valence-electron chi connectivity index (χ3n) is 2.85. The molecule has 0 saturated carbocycles. The molecule has 0 atom stereocenters. The monoisotopic (exact) mass is 296 g/mol. The van der Waals surface area contributed by atoms with Crippen LogP contribution in [0.25, 0.3) is 0 Å². The van der Waals surface area contributed by atoms with Gasteiger partial charge >= 0.3 is 0 Å². The van der Waals surface area contributed by atoms with Gasteiger partial charge in [-0.1, -0.05) is 13.3 Å². The molecular weight excluding hydrogens is 272 g/mol. The molecule has 0 heterocycles. The standard InChI is InChI=1S/C15H24N2O4/c1-3-5-8-20-9-6-7-16-13-10-14(17(18)19)12-15(11-13)21-4-2/h10-12,16H,3-9H2,1-2H3. The molecule has 0 amide bonds. The largest absolute Gasteiger partial charge is 0.494 e. The van der Waals surface area contributed by atoms with E-state index in [4.69, 9.17) is 9.47 Å². The Kier molecular flexibility index (Phi) is 8.19.